The van der Waals surface area contributed by atoms with Gasteiger partial charge >= 0.3 is 0 Å². The van der Waals surface area contributed by atoms with Gasteiger partial charge in [0.25, 0.3) is 0 Å². The van der Waals surface area contributed by atoms with Crippen LogP contribution in [0.4, 0.5) is 5.82 Å². The highest BCUT2D eigenvalue weighted by molar-refractivity contribution is 7.89. The molecule has 32 heavy (non-hydrogen) atoms. The lowest BCUT2D eigenvalue weighted by molar-refractivity contribution is -0.116. The van der Waals surface area contributed by atoms with E-state index in [2.05, 4.69) is 15.4 Å². The van der Waals surface area contributed by atoms with Crippen LogP contribution in [0.1, 0.15) is 45.6 Å². The molecule has 2 aromatic heterocycles. The number of amides is 1. The van der Waals surface area contributed by atoms with E-state index < -0.39 is 10.0 Å². The molecule has 0 fully saturated rings. The second-order valence-electron chi connectivity index (χ2n) is 9.01. The number of hydrogen-bond acceptors (Lipinski definition) is 5. The third-order valence-electron chi connectivity index (χ3n) is 5.20. The molecule has 9 nitrogen and oxygen atoms in total. The highest BCUT2D eigenvalue weighted by atomic mass is 32.2. The summed E-state index contributed by atoms with van der Waals surface area (Å²) in [6.07, 6.45) is 0.688. The topological polar surface area (TPSA) is 102 Å². The first kappa shape index (κ1) is 23.9. The molecule has 0 aliphatic rings. The molecule has 174 valence electrons. The fourth-order valence-corrected chi connectivity index (χ4v) is 4.53. The van der Waals surface area contributed by atoms with Gasteiger partial charge in [0.1, 0.15) is 11.6 Å². The molecular formula is C22H32N6O3S. The summed E-state index contributed by atoms with van der Waals surface area (Å²) in [5.41, 5.74) is 2.04. The molecule has 3 aromatic rings. The molecule has 2 heterocycles. The van der Waals surface area contributed by atoms with Crippen LogP contribution < -0.4 is 5.32 Å². The minimum Gasteiger partial charge on any atom is -0.328 e. The molecule has 3 rings (SSSR count). The molecule has 0 aliphatic carbocycles. The molecule has 10 heteroatoms. The Morgan fingerprint density at radius 2 is 1.88 bits per heavy atom. The van der Waals surface area contributed by atoms with Crippen LogP contribution in [-0.2, 0) is 33.3 Å². The zero-order valence-corrected chi connectivity index (χ0v) is 20.6. The Balaban J connectivity index is 1.81. The van der Waals surface area contributed by atoms with Crippen molar-refractivity contribution in [1.29, 1.82) is 0 Å². The monoisotopic (exact) mass is 460 g/mol. The van der Waals surface area contributed by atoms with Crippen molar-refractivity contribution >= 4 is 32.8 Å². The molecule has 0 saturated heterocycles. The normalized spacial score (nSPS) is 12.6. The Morgan fingerprint density at radius 3 is 2.47 bits per heavy atom. The van der Waals surface area contributed by atoms with Gasteiger partial charge in [-0.05, 0) is 52.8 Å². The number of aromatic nitrogens is 4. The number of hydrogen-bond donors (Lipinski definition) is 1. The average molecular weight is 461 g/mol. The van der Waals surface area contributed by atoms with Crippen molar-refractivity contribution in [3.05, 3.63) is 35.8 Å². The highest BCUT2D eigenvalue weighted by Crippen LogP contribution is 2.24. The molecule has 0 saturated carbocycles. The van der Waals surface area contributed by atoms with Gasteiger partial charge < -0.3 is 9.88 Å². The molecule has 1 N–H and O–H groups in total. The predicted octanol–water partition coefficient (Wildman–Crippen LogP) is 3.14. The van der Waals surface area contributed by atoms with E-state index in [4.69, 9.17) is 0 Å². The van der Waals surface area contributed by atoms with E-state index in [0.29, 0.717) is 24.3 Å². The Bertz CT molecular complexity index is 1250. The lowest BCUT2D eigenvalue weighted by Crippen LogP contribution is -2.27. The van der Waals surface area contributed by atoms with E-state index in [0.717, 1.165) is 17.0 Å². The van der Waals surface area contributed by atoms with Crippen molar-refractivity contribution < 1.29 is 13.2 Å². The molecule has 0 bridgehead atoms. The number of carbonyl (C=O) groups excluding carboxylic acids is 1. The van der Waals surface area contributed by atoms with Gasteiger partial charge in [0.05, 0.1) is 27.2 Å². The third-order valence-corrected chi connectivity index (χ3v) is 7.01. The summed E-state index contributed by atoms with van der Waals surface area (Å²) in [6.45, 7) is 10.7. The number of carbonyl (C=O) groups is 1. The van der Waals surface area contributed by atoms with Crippen LogP contribution in [0.2, 0.25) is 0 Å². The van der Waals surface area contributed by atoms with Crippen LogP contribution in [0.5, 0.6) is 0 Å². The molecule has 0 aliphatic heterocycles. The maximum absolute atomic E-state index is 12.7. The van der Waals surface area contributed by atoms with Gasteiger partial charge in [0.2, 0.25) is 15.9 Å². The quantitative estimate of drug-likeness (QED) is 0.584. The number of nitrogens with zero attached hydrogens (tertiary/aromatic N) is 5. The number of benzene rings is 1. The number of nitrogens with one attached hydrogen (secondary N) is 1. The Kier molecular flexibility index (Phi) is 6.48. The molecule has 1 amide bonds. The first-order chi connectivity index (χ1) is 14.8. The summed E-state index contributed by atoms with van der Waals surface area (Å²) in [5.74, 6) is 1.29. The van der Waals surface area contributed by atoms with E-state index in [9.17, 15) is 13.2 Å². The van der Waals surface area contributed by atoms with Gasteiger partial charge in [-0.15, -0.1) is 0 Å². The fourth-order valence-electron chi connectivity index (χ4n) is 3.61. The van der Waals surface area contributed by atoms with Gasteiger partial charge in [0, 0.05) is 39.5 Å². The van der Waals surface area contributed by atoms with Crippen LogP contribution in [0.3, 0.4) is 0 Å². The summed E-state index contributed by atoms with van der Waals surface area (Å²) in [7, 11) is -0.539. The minimum atomic E-state index is -3.54. The van der Waals surface area contributed by atoms with Crippen molar-refractivity contribution in [3.63, 3.8) is 0 Å². The SMILES string of the molecule is CCn1c(CCC(=O)Nc2cc(C)nn2C(C)(C)C)nc2cc(S(=O)(=O)N(C)C)ccc21. The van der Waals surface area contributed by atoms with Gasteiger partial charge in [-0.25, -0.2) is 22.4 Å². The molecule has 1 aromatic carbocycles. The van der Waals surface area contributed by atoms with Crippen LogP contribution in [0.15, 0.2) is 29.2 Å². The maximum atomic E-state index is 12.7. The predicted molar refractivity (Wildman–Crippen MR) is 125 cm³/mol. The molecule has 0 radical (unpaired) electrons. The zero-order valence-electron chi connectivity index (χ0n) is 19.8. The standard InChI is InChI=1S/C22H32N6O3S/c1-8-27-18-10-9-16(32(30,31)26(6)7)14-17(18)23-19(27)11-12-21(29)24-20-13-15(2)25-28(20)22(3,4)5/h9-10,13-14H,8,11-12H2,1-7H3,(H,24,29). The van der Waals surface area contributed by atoms with Crippen molar-refractivity contribution in [3.8, 4) is 0 Å². The summed E-state index contributed by atoms with van der Waals surface area (Å²) in [6, 6.07) is 6.82. The third kappa shape index (κ3) is 4.71. The molecule has 0 atom stereocenters. The van der Waals surface area contributed by atoms with Crippen molar-refractivity contribution in [2.75, 3.05) is 19.4 Å². The maximum Gasteiger partial charge on any atom is 0.242 e. The molecular weight excluding hydrogens is 428 g/mol. The lowest BCUT2D eigenvalue weighted by atomic mass is 10.1. The van der Waals surface area contributed by atoms with Gasteiger partial charge in [-0.1, -0.05) is 0 Å². The first-order valence-electron chi connectivity index (χ1n) is 10.6. The second-order valence-corrected chi connectivity index (χ2v) is 11.2. The zero-order chi connectivity index (χ0) is 23.8. The van der Waals surface area contributed by atoms with Crippen LogP contribution in [-0.4, -0.2) is 52.1 Å². The highest BCUT2D eigenvalue weighted by Gasteiger charge is 2.21. The average Bonchev–Trinajstić information content (AvgIpc) is 3.24. The summed E-state index contributed by atoms with van der Waals surface area (Å²) < 4.78 is 29.9. The van der Waals surface area contributed by atoms with Crippen LogP contribution in [0.25, 0.3) is 11.0 Å². The summed E-state index contributed by atoms with van der Waals surface area (Å²) >= 11 is 0. The molecule has 0 unspecified atom stereocenters. The largest absolute Gasteiger partial charge is 0.328 e. The van der Waals surface area contributed by atoms with E-state index in [1.807, 2.05) is 49.9 Å². The lowest BCUT2D eigenvalue weighted by Gasteiger charge is -2.22. The number of rotatable bonds is 7. The van der Waals surface area contributed by atoms with E-state index >= 15 is 0 Å². The van der Waals surface area contributed by atoms with Crippen molar-refractivity contribution in [2.24, 2.45) is 0 Å². The van der Waals surface area contributed by atoms with E-state index in [1.165, 1.54) is 18.4 Å². The molecule has 0 spiro atoms. The van der Waals surface area contributed by atoms with E-state index in [-0.39, 0.29) is 22.8 Å². The minimum absolute atomic E-state index is 0.124. The second kappa shape index (κ2) is 8.67. The van der Waals surface area contributed by atoms with Gasteiger partial charge in [0.15, 0.2) is 0 Å². The summed E-state index contributed by atoms with van der Waals surface area (Å²) in [5, 5.41) is 7.44. The number of aryl methyl sites for hydroxylation is 3. The van der Waals surface area contributed by atoms with E-state index in [1.54, 1.807) is 18.2 Å². The summed E-state index contributed by atoms with van der Waals surface area (Å²) in [4.78, 5) is 17.5. The van der Waals surface area contributed by atoms with Crippen LogP contribution in [0, 0.1) is 6.92 Å². The van der Waals surface area contributed by atoms with Gasteiger partial charge in [-0.3, -0.25) is 4.79 Å². The smallest absolute Gasteiger partial charge is 0.242 e. The Labute approximate surface area is 189 Å². The van der Waals surface area contributed by atoms with Crippen molar-refractivity contribution in [2.45, 2.75) is 64.4 Å². The van der Waals surface area contributed by atoms with Crippen LogP contribution >= 0.6 is 0 Å². The first-order valence-corrected chi connectivity index (χ1v) is 12.1. The number of fused-ring (bicyclic) bond motifs is 1. The Hall–Kier alpha value is -2.72. The fraction of sp³-hybridized carbons (Fsp3) is 0.500. The van der Waals surface area contributed by atoms with Gasteiger partial charge in [-0.2, -0.15) is 5.10 Å². The Morgan fingerprint density at radius 1 is 1.19 bits per heavy atom. The number of sulfonamides is 1. The van der Waals surface area contributed by atoms with Crippen molar-refractivity contribution in [1.82, 2.24) is 23.6 Å². The number of anilines is 1. The number of imidazole rings is 1.